The summed E-state index contributed by atoms with van der Waals surface area (Å²) in [6, 6.07) is 14.8. The monoisotopic (exact) mass is 436 g/mol. The molecule has 0 radical (unpaired) electrons. The molecule has 1 aromatic carbocycles. The van der Waals surface area contributed by atoms with E-state index in [0.29, 0.717) is 31.8 Å². The van der Waals surface area contributed by atoms with Crippen LogP contribution in [-0.2, 0) is 9.59 Å². The molecule has 0 aliphatic carbocycles. The Morgan fingerprint density at radius 3 is 2.61 bits per heavy atom. The number of ether oxygens (including phenoxy) is 1. The lowest BCUT2D eigenvalue weighted by molar-refractivity contribution is -0.136. The van der Waals surface area contributed by atoms with Gasteiger partial charge < -0.3 is 14.5 Å². The average molecular weight is 437 g/mol. The maximum absolute atomic E-state index is 13.1. The molecule has 4 rings (SSSR count). The molecule has 3 heterocycles. The molecule has 2 amide bonds. The summed E-state index contributed by atoms with van der Waals surface area (Å²) >= 11 is 1.52. The highest BCUT2D eigenvalue weighted by atomic mass is 32.1. The summed E-state index contributed by atoms with van der Waals surface area (Å²) in [5, 5.41) is 2.81. The highest BCUT2D eigenvalue weighted by Gasteiger charge is 2.32. The number of para-hydroxylation sites is 1. The van der Waals surface area contributed by atoms with Gasteiger partial charge in [-0.05, 0) is 30.7 Å². The first-order valence-electron chi connectivity index (χ1n) is 10.2. The van der Waals surface area contributed by atoms with Crippen LogP contribution in [0.15, 0.2) is 60.1 Å². The molecule has 1 unspecified atom stereocenters. The lowest BCUT2D eigenvalue weighted by Crippen LogP contribution is -2.40. The molecule has 0 saturated carbocycles. The van der Waals surface area contributed by atoms with Gasteiger partial charge in [-0.2, -0.15) is 0 Å². The summed E-state index contributed by atoms with van der Waals surface area (Å²) in [5.41, 5.74) is 1.59. The summed E-state index contributed by atoms with van der Waals surface area (Å²) in [6.07, 6.45) is 2.37. The van der Waals surface area contributed by atoms with Crippen LogP contribution >= 0.6 is 11.3 Å². The molecular weight excluding hydrogens is 412 g/mol. The molecule has 0 bridgehead atoms. The van der Waals surface area contributed by atoms with Crippen molar-refractivity contribution < 1.29 is 14.3 Å². The van der Waals surface area contributed by atoms with Gasteiger partial charge in [0.25, 0.3) is 5.91 Å². The Labute approximate surface area is 185 Å². The first-order valence-corrected chi connectivity index (χ1v) is 11.1. The fourth-order valence-corrected chi connectivity index (χ4v) is 4.58. The van der Waals surface area contributed by atoms with Gasteiger partial charge in [-0.15, -0.1) is 11.3 Å². The predicted molar refractivity (Wildman–Crippen MR) is 119 cm³/mol. The van der Waals surface area contributed by atoms with Gasteiger partial charge in [-0.25, -0.2) is 4.98 Å². The first kappa shape index (κ1) is 21.0. The van der Waals surface area contributed by atoms with Crippen LogP contribution in [0.25, 0.3) is 11.4 Å². The van der Waals surface area contributed by atoms with E-state index in [1.165, 1.54) is 11.3 Å². The summed E-state index contributed by atoms with van der Waals surface area (Å²) in [4.78, 5) is 37.8. The Balaban J connectivity index is 1.55. The molecule has 1 atom stereocenters. The molecule has 7 nitrogen and oxygen atoms in total. The second-order valence-corrected chi connectivity index (χ2v) is 8.18. The van der Waals surface area contributed by atoms with Crippen molar-refractivity contribution in [2.45, 2.75) is 19.4 Å². The number of nitrogens with zero attached hydrogens (tertiary/aromatic N) is 4. The van der Waals surface area contributed by atoms with Crippen molar-refractivity contribution in [2.24, 2.45) is 0 Å². The van der Waals surface area contributed by atoms with Crippen LogP contribution in [-0.4, -0.2) is 57.8 Å². The second kappa shape index (κ2) is 9.70. The highest BCUT2D eigenvalue weighted by molar-refractivity contribution is 7.10. The summed E-state index contributed by atoms with van der Waals surface area (Å²) < 4.78 is 5.70. The fourth-order valence-electron chi connectivity index (χ4n) is 3.62. The summed E-state index contributed by atoms with van der Waals surface area (Å²) in [6.45, 7) is 3.04. The van der Waals surface area contributed by atoms with E-state index in [1.54, 1.807) is 22.9 Å². The van der Waals surface area contributed by atoms with E-state index < -0.39 is 0 Å². The molecule has 0 N–H and O–H groups in total. The lowest BCUT2D eigenvalue weighted by Gasteiger charge is -2.28. The molecule has 2 aromatic heterocycles. The van der Waals surface area contributed by atoms with Crippen LogP contribution in [0, 0.1) is 0 Å². The van der Waals surface area contributed by atoms with Gasteiger partial charge in [0, 0.05) is 38.1 Å². The summed E-state index contributed by atoms with van der Waals surface area (Å²) in [5.74, 6) is 0.551. The Kier molecular flexibility index (Phi) is 6.57. The van der Waals surface area contributed by atoms with Crippen molar-refractivity contribution in [3.05, 3.63) is 65.1 Å². The van der Waals surface area contributed by atoms with Crippen LogP contribution in [0.2, 0.25) is 0 Å². The van der Waals surface area contributed by atoms with Crippen molar-refractivity contribution in [1.29, 1.82) is 0 Å². The van der Waals surface area contributed by atoms with Crippen molar-refractivity contribution >= 4 is 23.2 Å². The lowest BCUT2D eigenvalue weighted by atomic mass is 10.2. The Morgan fingerprint density at radius 1 is 1.06 bits per heavy atom. The molecule has 3 aromatic rings. The van der Waals surface area contributed by atoms with Crippen LogP contribution in [0.3, 0.4) is 0 Å². The number of thiazole rings is 1. The minimum Gasteiger partial charge on any atom is -0.484 e. The second-order valence-electron chi connectivity index (χ2n) is 7.29. The van der Waals surface area contributed by atoms with Crippen molar-refractivity contribution in [3.8, 4) is 17.1 Å². The number of aromatic nitrogens is 2. The maximum atomic E-state index is 13.1. The molecule has 31 heavy (non-hydrogen) atoms. The molecule has 0 spiro atoms. The number of hydrogen-bond acceptors (Lipinski definition) is 6. The van der Waals surface area contributed by atoms with E-state index in [4.69, 9.17) is 9.72 Å². The highest BCUT2D eigenvalue weighted by Crippen LogP contribution is 2.32. The summed E-state index contributed by atoms with van der Waals surface area (Å²) in [7, 11) is 0. The average Bonchev–Trinajstić information content (AvgIpc) is 3.18. The molecule has 1 aliphatic rings. The fraction of sp³-hybridized carbons (Fsp3) is 0.304. The quantitative estimate of drug-likeness (QED) is 0.613. The third-order valence-electron chi connectivity index (χ3n) is 5.27. The van der Waals surface area contributed by atoms with Crippen molar-refractivity contribution in [3.63, 3.8) is 0 Å². The molecule has 8 heteroatoms. The van der Waals surface area contributed by atoms with E-state index in [9.17, 15) is 9.59 Å². The smallest absolute Gasteiger partial charge is 0.261 e. The Bertz CT molecular complexity index is 1030. The van der Waals surface area contributed by atoms with Crippen LogP contribution in [0.5, 0.6) is 5.75 Å². The maximum Gasteiger partial charge on any atom is 0.261 e. The normalized spacial score (nSPS) is 16.6. The Hall–Kier alpha value is -3.26. The zero-order valence-electron chi connectivity index (χ0n) is 17.3. The largest absolute Gasteiger partial charge is 0.484 e. The number of rotatable bonds is 5. The molecule has 160 valence electrons. The first-order chi connectivity index (χ1) is 15.1. The SMILES string of the molecule is CC(=O)N1CCC(c2nc(-c3ccccn3)cs2)N(C(=O)COc2ccccc2)CC1. The minimum atomic E-state index is -0.210. The van der Waals surface area contributed by atoms with E-state index in [2.05, 4.69) is 4.98 Å². The van der Waals surface area contributed by atoms with E-state index >= 15 is 0 Å². The number of carbonyl (C=O) groups excluding carboxylic acids is 2. The number of pyridine rings is 1. The molecule has 1 saturated heterocycles. The van der Waals surface area contributed by atoms with Gasteiger partial charge in [0.05, 0.1) is 17.4 Å². The van der Waals surface area contributed by atoms with E-state index in [0.717, 1.165) is 16.4 Å². The van der Waals surface area contributed by atoms with Crippen LogP contribution in [0.4, 0.5) is 0 Å². The van der Waals surface area contributed by atoms with Gasteiger partial charge in [-0.1, -0.05) is 24.3 Å². The van der Waals surface area contributed by atoms with E-state index in [-0.39, 0.29) is 24.5 Å². The molecule has 1 fully saturated rings. The van der Waals surface area contributed by atoms with Gasteiger partial charge in [0.1, 0.15) is 10.8 Å². The van der Waals surface area contributed by atoms with Gasteiger partial charge in [-0.3, -0.25) is 14.6 Å². The van der Waals surface area contributed by atoms with Gasteiger partial charge in [0.2, 0.25) is 5.91 Å². The van der Waals surface area contributed by atoms with Crippen LogP contribution in [0.1, 0.15) is 24.4 Å². The van der Waals surface area contributed by atoms with E-state index in [1.807, 2.05) is 53.9 Å². The zero-order valence-corrected chi connectivity index (χ0v) is 18.1. The van der Waals surface area contributed by atoms with Gasteiger partial charge >= 0.3 is 0 Å². The zero-order chi connectivity index (χ0) is 21.6. The van der Waals surface area contributed by atoms with Gasteiger partial charge in [0.15, 0.2) is 6.61 Å². The number of hydrogen-bond donors (Lipinski definition) is 0. The predicted octanol–water partition coefficient (Wildman–Crippen LogP) is 3.41. The van der Waals surface area contributed by atoms with Crippen LogP contribution < -0.4 is 4.74 Å². The number of amides is 2. The molecular formula is C23H24N4O3S. The third-order valence-corrected chi connectivity index (χ3v) is 6.21. The van der Waals surface area contributed by atoms with Crippen molar-refractivity contribution in [1.82, 2.24) is 19.8 Å². The molecule has 1 aliphatic heterocycles. The topological polar surface area (TPSA) is 75.6 Å². The third kappa shape index (κ3) is 5.08. The minimum absolute atomic E-state index is 0.0156. The number of carbonyl (C=O) groups is 2. The number of benzene rings is 1. The Morgan fingerprint density at radius 2 is 1.87 bits per heavy atom. The van der Waals surface area contributed by atoms with Crippen molar-refractivity contribution in [2.75, 3.05) is 26.2 Å². The standard InChI is InChI=1S/C23H24N4O3S/c1-17(28)26-12-10-21(23-25-20(16-31-23)19-9-5-6-11-24-19)27(14-13-26)22(29)15-30-18-7-3-2-4-8-18/h2-9,11,16,21H,10,12-15H2,1H3.